The lowest BCUT2D eigenvalue weighted by Gasteiger charge is -2.05. The first-order valence-electron chi connectivity index (χ1n) is 3.58. The van der Waals surface area contributed by atoms with E-state index in [-0.39, 0.29) is 0 Å². The third-order valence-corrected chi connectivity index (χ3v) is 3.36. The first kappa shape index (κ1) is 9.82. The zero-order valence-corrected chi connectivity index (χ0v) is 7.41. The van der Waals surface area contributed by atoms with Crippen molar-refractivity contribution in [1.29, 1.82) is 5.41 Å². The number of rotatable bonds is 5. The van der Waals surface area contributed by atoms with E-state index in [4.69, 9.17) is 5.41 Å². The highest BCUT2D eigenvalue weighted by atomic mass is 32.2. The molecule has 2 atom stereocenters. The molecule has 0 aromatic carbocycles. The van der Waals surface area contributed by atoms with Gasteiger partial charge in [0.05, 0.1) is 0 Å². The lowest BCUT2D eigenvalue weighted by molar-refractivity contribution is 0.670. The highest BCUT2D eigenvalue weighted by Crippen LogP contribution is 2.00. The molecular weight excluding hydrogens is 146 g/mol. The fraction of sp³-hybridized carbons (Fsp3) is 0.857. The van der Waals surface area contributed by atoms with Crippen LogP contribution in [0, 0.1) is 5.41 Å². The van der Waals surface area contributed by atoms with E-state index in [1.165, 1.54) is 6.21 Å². The molecule has 3 heteroatoms. The first-order valence-corrected chi connectivity index (χ1v) is 4.96. The van der Waals surface area contributed by atoms with Crippen LogP contribution >= 0.6 is 0 Å². The first-order chi connectivity index (χ1) is 4.72. The number of nitrogens with one attached hydrogen (secondary N) is 1. The van der Waals surface area contributed by atoms with E-state index in [2.05, 4.69) is 0 Å². The predicted octanol–water partition coefficient (Wildman–Crippen LogP) is 1.57. The molecular formula is C7H15NOS. The molecule has 0 rings (SSSR count). The summed E-state index contributed by atoms with van der Waals surface area (Å²) in [6.45, 7) is 4.02. The summed E-state index contributed by atoms with van der Waals surface area (Å²) in [7, 11) is -0.716. The smallest absolute Gasteiger partial charge is 0.0317 e. The van der Waals surface area contributed by atoms with Crippen LogP contribution in [0.3, 0.4) is 0 Å². The quantitative estimate of drug-likeness (QED) is 0.611. The molecule has 0 aliphatic carbocycles. The third-order valence-electron chi connectivity index (χ3n) is 1.49. The molecule has 0 aromatic rings. The van der Waals surface area contributed by atoms with Crippen LogP contribution in [0.2, 0.25) is 0 Å². The summed E-state index contributed by atoms with van der Waals surface area (Å²) in [6.07, 6.45) is 2.93. The Morgan fingerprint density at radius 2 is 2.30 bits per heavy atom. The molecule has 0 radical (unpaired) electrons. The van der Waals surface area contributed by atoms with Gasteiger partial charge in [0.2, 0.25) is 0 Å². The summed E-state index contributed by atoms with van der Waals surface area (Å²) in [5.74, 6) is 0.651. The molecule has 0 saturated carbocycles. The van der Waals surface area contributed by atoms with E-state index in [1.54, 1.807) is 0 Å². The van der Waals surface area contributed by atoms with Crippen LogP contribution in [0.15, 0.2) is 0 Å². The van der Waals surface area contributed by atoms with Gasteiger partial charge in [-0.3, -0.25) is 4.21 Å². The van der Waals surface area contributed by atoms with Gasteiger partial charge in [0, 0.05) is 21.8 Å². The molecule has 0 bridgehead atoms. The van der Waals surface area contributed by atoms with Crippen molar-refractivity contribution in [3.8, 4) is 0 Å². The molecule has 0 aliphatic heterocycles. The van der Waals surface area contributed by atoms with Gasteiger partial charge in [-0.25, -0.2) is 0 Å². The van der Waals surface area contributed by atoms with Crippen LogP contribution in [0.25, 0.3) is 0 Å². The van der Waals surface area contributed by atoms with Crippen LogP contribution in [0.5, 0.6) is 0 Å². The average Bonchev–Trinajstić information content (AvgIpc) is 1.98. The lowest BCUT2D eigenvalue weighted by atomic mass is 10.4. The Labute approximate surface area is 65.0 Å². The Bertz CT molecular complexity index is 125. The molecule has 0 spiro atoms. The van der Waals surface area contributed by atoms with Gasteiger partial charge in [-0.1, -0.05) is 13.8 Å². The van der Waals surface area contributed by atoms with Gasteiger partial charge >= 0.3 is 0 Å². The van der Waals surface area contributed by atoms with Crippen molar-refractivity contribution in [1.82, 2.24) is 0 Å². The maximum absolute atomic E-state index is 11.1. The van der Waals surface area contributed by atoms with Crippen molar-refractivity contribution in [2.45, 2.75) is 31.9 Å². The topological polar surface area (TPSA) is 40.9 Å². The minimum atomic E-state index is -0.716. The SMILES string of the molecule is CCC(C)S(=O)CCC=N. The summed E-state index contributed by atoms with van der Waals surface area (Å²) in [6, 6.07) is 0. The second-order valence-corrected chi connectivity index (χ2v) is 4.27. The Kier molecular flexibility index (Phi) is 5.49. The fourth-order valence-corrected chi connectivity index (χ4v) is 1.69. The van der Waals surface area contributed by atoms with E-state index in [0.717, 1.165) is 6.42 Å². The standard InChI is InChI=1S/C7H15NOS/c1-3-7(2)10(9)6-4-5-8/h5,7-8H,3-4,6H2,1-2H3. The van der Waals surface area contributed by atoms with Crippen LogP contribution in [0.4, 0.5) is 0 Å². The Hall–Kier alpha value is -0.180. The zero-order valence-electron chi connectivity index (χ0n) is 6.59. The Morgan fingerprint density at radius 1 is 1.70 bits per heavy atom. The molecule has 0 amide bonds. The zero-order chi connectivity index (χ0) is 7.98. The second kappa shape index (κ2) is 5.59. The van der Waals surface area contributed by atoms with Crippen molar-refractivity contribution in [3.05, 3.63) is 0 Å². The fourth-order valence-electron chi connectivity index (χ4n) is 0.562. The van der Waals surface area contributed by atoms with Gasteiger partial charge in [0.1, 0.15) is 0 Å². The van der Waals surface area contributed by atoms with Gasteiger partial charge in [0.15, 0.2) is 0 Å². The summed E-state index contributed by atoms with van der Waals surface area (Å²) in [5, 5.41) is 7.03. The molecule has 10 heavy (non-hydrogen) atoms. The van der Waals surface area contributed by atoms with E-state index >= 15 is 0 Å². The molecule has 2 nitrogen and oxygen atoms in total. The van der Waals surface area contributed by atoms with E-state index in [9.17, 15) is 4.21 Å². The maximum Gasteiger partial charge on any atom is 0.0317 e. The average molecular weight is 161 g/mol. The van der Waals surface area contributed by atoms with Crippen molar-refractivity contribution in [2.24, 2.45) is 0 Å². The van der Waals surface area contributed by atoms with Crippen LogP contribution < -0.4 is 0 Å². The lowest BCUT2D eigenvalue weighted by Crippen LogP contribution is -2.12. The highest BCUT2D eigenvalue weighted by molar-refractivity contribution is 7.85. The molecule has 0 heterocycles. The number of hydrogen-bond donors (Lipinski definition) is 1. The summed E-state index contributed by atoms with van der Waals surface area (Å²) in [5.41, 5.74) is 0. The molecule has 0 saturated heterocycles. The van der Waals surface area contributed by atoms with Gasteiger partial charge in [-0.2, -0.15) is 0 Å². The molecule has 0 aromatic heterocycles. The monoisotopic (exact) mass is 161 g/mol. The van der Waals surface area contributed by atoms with Crippen LogP contribution in [-0.4, -0.2) is 21.4 Å². The van der Waals surface area contributed by atoms with Gasteiger partial charge in [-0.05, 0) is 19.1 Å². The molecule has 2 unspecified atom stereocenters. The Morgan fingerprint density at radius 3 is 2.70 bits per heavy atom. The van der Waals surface area contributed by atoms with Gasteiger partial charge in [0.25, 0.3) is 0 Å². The maximum atomic E-state index is 11.1. The minimum Gasteiger partial charge on any atom is -0.313 e. The van der Waals surface area contributed by atoms with Gasteiger partial charge < -0.3 is 5.41 Å². The summed E-state index contributed by atoms with van der Waals surface area (Å²) in [4.78, 5) is 0. The largest absolute Gasteiger partial charge is 0.313 e. The second-order valence-electron chi connectivity index (χ2n) is 2.30. The Balaban J connectivity index is 3.51. The summed E-state index contributed by atoms with van der Waals surface area (Å²) >= 11 is 0. The van der Waals surface area contributed by atoms with Gasteiger partial charge in [-0.15, -0.1) is 0 Å². The number of hydrogen-bond acceptors (Lipinski definition) is 2. The predicted molar refractivity (Wildman–Crippen MR) is 46.2 cm³/mol. The molecule has 0 aliphatic rings. The van der Waals surface area contributed by atoms with Crippen LogP contribution in [-0.2, 0) is 10.8 Å². The van der Waals surface area contributed by atoms with E-state index < -0.39 is 10.8 Å². The van der Waals surface area contributed by atoms with E-state index in [1.807, 2.05) is 13.8 Å². The van der Waals surface area contributed by atoms with Crippen molar-refractivity contribution in [3.63, 3.8) is 0 Å². The molecule has 1 N–H and O–H groups in total. The van der Waals surface area contributed by atoms with Crippen molar-refractivity contribution < 1.29 is 4.21 Å². The normalized spacial score (nSPS) is 16.2. The highest BCUT2D eigenvalue weighted by Gasteiger charge is 2.06. The van der Waals surface area contributed by atoms with Crippen molar-refractivity contribution >= 4 is 17.0 Å². The third kappa shape index (κ3) is 3.77. The van der Waals surface area contributed by atoms with Crippen LogP contribution in [0.1, 0.15) is 26.7 Å². The minimum absolute atomic E-state index is 0.292. The molecule has 60 valence electrons. The molecule has 0 fully saturated rings. The van der Waals surface area contributed by atoms with Crippen molar-refractivity contribution in [2.75, 3.05) is 5.75 Å². The van der Waals surface area contributed by atoms with E-state index in [0.29, 0.717) is 17.4 Å². The summed E-state index contributed by atoms with van der Waals surface area (Å²) < 4.78 is 11.1.